The zero-order chi connectivity index (χ0) is 18.0. The second-order valence-electron chi connectivity index (χ2n) is 5.68. The maximum Gasteiger partial charge on any atom is 0.243 e. The molecule has 3 aromatic heterocycles. The Morgan fingerprint density at radius 2 is 1.85 bits per heavy atom. The SMILES string of the molecule is O=S(=O)(NCc1ccc(-c2ccco2)nc1)c1cccc2cccnc12. The second kappa shape index (κ2) is 6.70. The highest BCUT2D eigenvalue weighted by Crippen LogP contribution is 2.21. The number of nitrogens with zero attached hydrogens (tertiary/aromatic N) is 2. The molecule has 7 heteroatoms. The Hall–Kier alpha value is -3.03. The summed E-state index contributed by atoms with van der Waals surface area (Å²) in [5.41, 5.74) is 1.89. The zero-order valence-corrected chi connectivity index (χ0v) is 14.5. The van der Waals surface area contributed by atoms with Gasteiger partial charge in [-0.05, 0) is 35.9 Å². The van der Waals surface area contributed by atoms with Gasteiger partial charge in [0.15, 0.2) is 5.76 Å². The number of sulfonamides is 1. The summed E-state index contributed by atoms with van der Waals surface area (Å²) in [5, 5.41) is 0.778. The minimum Gasteiger partial charge on any atom is -0.463 e. The lowest BCUT2D eigenvalue weighted by Gasteiger charge is -2.09. The fraction of sp³-hybridized carbons (Fsp3) is 0.0526. The van der Waals surface area contributed by atoms with Crippen molar-refractivity contribution in [1.82, 2.24) is 14.7 Å². The number of hydrogen-bond donors (Lipinski definition) is 1. The molecule has 0 spiro atoms. The van der Waals surface area contributed by atoms with E-state index in [4.69, 9.17) is 4.42 Å². The van der Waals surface area contributed by atoms with Gasteiger partial charge in [-0.3, -0.25) is 9.97 Å². The van der Waals surface area contributed by atoms with Crippen molar-refractivity contribution in [2.45, 2.75) is 11.4 Å². The van der Waals surface area contributed by atoms with E-state index >= 15 is 0 Å². The molecule has 4 rings (SSSR count). The van der Waals surface area contributed by atoms with Gasteiger partial charge in [0.25, 0.3) is 0 Å². The number of nitrogens with one attached hydrogen (secondary N) is 1. The number of pyridine rings is 2. The van der Waals surface area contributed by atoms with E-state index in [0.29, 0.717) is 17.0 Å². The van der Waals surface area contributed by atoms with Gasteiger partial charge in [0.05, 0.1) is 11.8 Å². The summed E-state index contributed by atoms with van der Waals surface area (Å²) >= 11 is 0. The van der Waals surface area contributed by atoms with Gasteiger partial charge in [-0.1, -0.05) is 24.3 Å². The Morgan fingerprint density at radius 3 is 2.62 bits per heavy atom. The van der Waals surface area contributed by atoms with Crippen molar-refractivity contribution in [2.75, 3.05) is 0 Å². The third-order valence-electron chi connectivity index (χ3n) is 3.95. The summed E-state index contributed by atoms with van der Waals surface area (Å²) in [4.78, 5) is 8.67. The van der Waals surface area contributed by atoms with Crippen molar-refractivity contribution >= 4 is 20.9 Å². The highest BCUT2D eigenvalue weighted by molar-refractivity contribution is 7.89. The Bertz CT molecular complexity index is 1130. The Balaban J connectivity index is 1.55. The van der Waals surface area contributed by atoms with Gasteiger partial charge in [-0.2, -0.15) is 0 Å². The van der Waals surface area contributed by atoms with Crippen LogP contribution in [0.3, 0.4) is 0 Å². The van der Waals surface area contributed by atoms with Crippen molar-refractivity contribution in [3.8, 4) is 11.5 Å². The molecule has 0 fully saturated rings. The molecule has 0 saturated heterocycles. The molecule has 3 heterocycles. The Kier molecular flexibility index (Phi) is 4.24. The molecule has 26 heavy (non-hydrogen) atoms. The van der Waals surface area contributed by atoms with E-state index in [2.05, 4.69) is 14.7 Å². The van der Waals surface area contributed by atoms with Gasteiger partial charge in [0.2, 0.25) is 10.0 Å². The molecule has 0 unspecified atom stereocenters. The molecule has 6 nitrogen and oxygen atoms in total. The summed E-state index contributed by atoms with van der Waals surface area (Å²) in [5.74, 6) is 0.666. The van der Waals surface area contributed by atoms with Crippen LogP contribution in [0.2, 0.25) is 0 Å². The first-order valence-corrected chi connectivity index (χ1v) is 9.44. The summed E-state index contributed by atoms with van der Waals surface area (Å²) in [6.07, 6.45) is 4.79. The second-order valence-corrected chi connectivity index (χ2v) is 7.42. The fourth-order valence-electron chi connectivity index (χ4n) is 2.65. The van der Waals surface area contributed by atoms with Crippen LogP contribution < -0.4 is 4.72 Å². The van der Waals surface area contributed by atoms with E-state index in [1.807, 2.05) is 24.3 Å². The topological polar surface area (TPSA) is 85.1 Å². The molecule has 130 valence electrons. The predicted octanol–water partition coefficient (Wildman–Crippen LogP) is 3.37. The standard InChI is InChI=1S/C19H15N3O3S/c23-26(24,18-7-1-4-15-5-2-10-20-19(15)18)22-13-14-8-9-16(21-12-14)17-6-3-11-25-17/h1-12,22H,13H2. The van der Waals surface area contributed by atoms with E-state index < -0.39 is 10.0 Å². The molecule has 0 amide bonds. The molecule has 0 aliphatic carbocycles. The third-order valence-corrected chi connectivity index (χ3v) is 5.38. The molecule has 0 bridgehead atoms. The lowest BCUT2D eigenvalue weighted by Crippen LogP contribution is -2.23. The van der Waals surface area contributed by atoms with Crippen LogP contribution in [0.1, 0.15) is 5.56 Å². The van der Waals surface area contributed by atoms with Crippen LogP contribution >= 0.6 is 0 Å². The average molecular weight is 365 g/mol. The lowest BCUT2D eigenvalue weighted by molar-refractivity contribution is 0.579. The van der Waals surface area contributed by atoms with Crippen LogP contribution in [0.25, 0.3) is 22.4 Å². The average Bonchev–Trinajstić information content (AvgIpc) is 3.21. The number of fused-ring (bicyclic) bond motifs is 1. The molecule has 0 aliphatic heterocycles. The Morgan fingerprint density at radius 1 is 0.962 bits per heavy atom. The molecular weight excluding hydrogens is 350 g/mol. The van der Waals surface area contributed by atoms with E-state index in [-0.39, 0.29) is 11.4 Å². The van der Waals surface area contributed by atoms with Crippen LogP contribution in [-0.2, 0) is 16.6 Å². The van der Waals surface area contributed by atoms with Crippen molar-refractivity contribution in [3.05, 3.63) is 78.8 Å². The Labute approximate surface area is 150 Å². The molecular formula is C19H15N3O3S. The minimum atomic E-state index is -3.70. The number of rotatable bonds is 5. The monoisotopic (exact) mass is 365 g/mol. The highest BCUT2D eigenvalue weighted by atomic mass is 32.2. The molecule has 1 aromatic carbocycles. The van der Waals surface area contributed by atoms with Crippen molar-refractivity contribution in [3.63, 3.8) is 0 Å². The predicted molar refractivity (Wildman–Crippen MR) is 97.7 cm³/mol. The fourth-order valence-corrected chi connectivity index (χ4v) is 3.84. The minimum absolute atomic E-state index is 0.136. The van der Waals surface area contributed by atoms with E-state index in [1.165, 1.54) is 0 Å². The number of aromatic nitrogens is 2. The summed E-state index contributed by atoms with van der Waals surface area (Å²) in [6, 6.07) is 15.9. The first-order chi connectivity index (χ1) is 12.6. The van der Waals surface area contributed by atoms with Crippen molar-refractivity contribution < 1.29 is 12.8 Å². The van der Waals surface area contributed by atoms with Gasteiger partial charge >= 0.3 is 0 Å². The highest BCUT2D eigenvalue weighted by Gasteiger charge is 2.17. The number of furan rings is 1. The number of para-hydroxylation sites is 1. The van der Waals surface area contributed by atoms with Crippen LogP contribution in [0.5, 0.6) is 0 Å². The largest absolute Gasteiger partial charge is 0.463 e. The van der Waals surface area contributed by atoms with Crippen LogP contribution in [0.4, 0.5) is 0 Å². The van der Waals surface area contributed by atoms with Gasteiger partial charge < -0.3 is 4.42 Å². The van der Waals surface area contributed by atoms with Crippen molar-refractivity contribution in [1.29, 1.82) is 0 Å². The van der Waals surface area contributed by atoms with Crippen LogP contribution in [-0.4, -0.2) is 18.4 Å². The molecule has 0 saturated carbocycles. The smallest absolute Gasteiger partial charge is 0.243 e. The third kappa shape index (κ3) is 3.22. The van der Waals surface area contributed by atoms with Gasteiger partial charge in [0, 0.05) is 24.3 Å². The van der Waals surface area contributed by atoms with Gasteiger partial charge in [-0.15, -0.1) is 0 Å². The van der Waals surface area contributed by atoms with E-state index in [1.54, 1.807) is 49.0 Å². The summed E-state index contributed by atoms with van der Waals surface area (Å²) in [7, 11) is -3.70. The first-order valence-electron chi connectivity index (χ1n) is 7.96. The van der Waals surface area contributed by atoms with Crippen LogP contribution in [0.15, 0.2) is 82.6 Å². The van der Waals surface area contributed by atoms with Crippen molar-refractivity contribution in [2.24, 2.45) is 0 Å². The van der Waals surface area contributed by atoms with Crippen LogP contribution in [0, 0.1) is 0 Å². The molecule has 4 aromatic rings. The maximum absolute atomic E-state index is 12.7. The zero-order valence-electron chi connectivity index (χ0n) is 13.7. The first kappa shape index (κ1) is 16.4. The molecule has 1 N–H and O–H groups in total. The lowest BCUT2D eigenvalue weighted by atomic mass is 10.2. The summed E-state index contributed by atoms with van der Waals surface area (Å²) in [6.45, 7) is 0.136. The van der Waals surface area contributed by atoms with Gasteiger partial charge in [0.1, 0.15) is 10.6 Å². The van der Waals surface area contributed by atoms with E-state index in [0.717, 1.165) is 10.9 Å². The normalized spacial score (nSPS) is 11.7. The summed E-state index contributed by atoms with van der Waals surface area (Å²) < 4.78 is 33.3. The molecule has 0 radical (unpaired) electrons. The number of hydrogen-bond acceptors (Lipinski definition) is 5. The maximum atomic E-state index is 12.7. The molecule has 0 aliphatic rings. The molecule has 0 atom stereocenters. The van der Waals surface area contributed by atoms with Gasteiger partial charge in [-0.25, -0.2) is 13.1 Å². The number of benzene rings is 1. The van der Waals surface area contributed by atoms with E-state index in [9.17, 15) is 8.42 Å². The quantitative estimate of drug-likeness (QED) is 0.586.